The SMILES string of the molecule is O=c1cc(-c2ccccc2)[nH]nc1Cc1ccccc1. The molecule has 1 aromatic heterocycles. The van der Waals surface area contributed by atoms with Crippen molar-refractivity contribution in [1.29, 1.82) is 0 Å². The zero-order chi connectivity index (χ0) is 13.8. The van der Waals surface area contributed by atoms with Crippen LogP contribution in [0.15, 0.2) is 71.5 Å². The molecule has 1 heterocycles. The van der Waals surface area contributed by atoms with Crippen LogP contribution in [0.1, 0.15) is 11.3 Å². The zero-order valence-corrected chi connectivity index (χ0v) is 10.9. The van der Waals surface area contributed by atoms with Gasteiger partial charge >= 0.3 is 0 Å². The molecular weight excluding hydrogens is 248 g/mol. The summed E-state index contributed by atoms with van der Waals surface area (Å²) in [6, 6.07) is 21.2. The lowest BCUT2D eigenvalue weighted by atomic mass is 10.1. The van der Waals surface area contributed by atoms with Gasteiger partial charge in [-0.15, -0.1) is 0 Å². The maximum atomic E-state index is 12.1. The van der Waals surface area contributed by atoms with Crippen LogP contribution in [0.3, 0.4) is 0 Å². The summed E-state index contributed by atoms with van der Waals surface area (Å²) in [4.78, 5) is 12.1. The highest BCUT2D eigenvalue weighted by atomic mass is 16.1. The van der Waals surface area contributed by atoms with Crippen LogP contribution >= 0.6 is 0 Å². The van der Waals surface area contributed by atoms with E-state index in [1.54, 1.807) is 6.07 Å². The van der Waals surface area contributed by atoms with Gasteiger partial charge in [0.2, 0.25) is 5.43 Å². The van der Waals surface area contributed by atoms with E-state index in [4.69, 9.17) is 0 Å². The Labute approximate surface area is 116 Å². The number of rotatable bonds is 3. The van der Waals surface area contributed by atoms with Gasteiger partial charge in [-0.2, -0.15) is 5.10 Å². The number of H-pyrrole nitrogens is 1. The van der Waals surface area contributed by atoms with Crippen molar-refractivity contribution < 1.29 is 0 Å². The van der Waals surface area contributed by atoms with Crippen molar-refractivity contribution in [1.82, 2.24) is 10.2 Å². The van der Waals surface area contributed by atoms with E-state index in [1.807, 2.05) is 60.7 Å². The van der Waals surface area contributed by atoms with E-state index in [2.05, 4.69) is 10.2 Å². The van der Waals surface area contributed by atoms with Crippen molar-refractivity contribution in [3.8, 4) is 11.3 Å². The molecule has 0 saturated carbocycles. The van der Waals surface area contributed by atoms with Crippen LogP contribution in [0.4, 0.5) is 0 Å². The second kappa shape index (κ2) is 5.53. The van der Waals surface area contributed by atoms with Crippen molar-refractivity contribution in [3.05, 3.63) is 88.2 Å². The second-order valence-corrected chi connectivity index (χ2v) is 4.62. The predicted octanol–water partition coefficient (Wildman–Crippen LogP) is 3.03. The van der Waals surface area contributed by atoms with Crippen LogP contribution < -0.4 is 5.43 Å². The van der Waals surface area contributed by atoms with Gasteiger partial charge in [-0.1, -0.05) is 60.7 Å². The molecule has 3 heteroatoms. The smallest absolute Gasteiger partial charge is 0.204 e. The van der Waals surface area contributed by atoms with Crippen LogP contribution in [0.25, 0.3) is 11.3 Å². The Balaban J connectivity index is 1.91. The lowest BCUT2D eigenvalue weighted by Crippen LogP contribution is -2.13. The van der Waals surface area contributed by atoms with Crippen molar-refractivity contribution in [2.24, 2.45) is 0 Å². The standard InChI is InChI=1S/C17H14N2O/c20-17-12-15(14-9-5-2-6-10-14)18-19-16(17)11-13-7-3-1-4-8-13/h1-10,12H,11H2,(H,18,20). The Morgan fingerprint density at radius 3 is 2.20 bits per heavy atom. The number of aromatic amines is 1. The van der Waals surface area contributed by atoms with Crippen LogP contribution in [0.5, 0.6) is 0 Å². The predicted molar refractivity (Wildman–Crippen MR) is 79.5 cm³/mol. The van der Waals surface area contributed by atoms with E-state index >= 15 is 0 Å². The molecular formula is C17H14N2O. The molecule has 0 spiro atoms. The molecule has 1 N–H and O–H groups in total. The molecule has 0 amide bonds. The molecule has 3 nitrogen and oxygen atoms in total. The fourth-order valence-electron chi connectivity index (χ4n) is 2.11. The number of aromatic nitrogens is 2. The largest absolute Gasteiger partial charge is 0.288 e. The highest BCUT2D eigenvalue weighted by molar-refractivity contribution is 5.57. The van der Waals surface area contributed by atoms with Gasteiger partial charge in [-0.3, -0.25) is 9.89 Å². The van der Waals surface area contributed by atoms with Crippen LogP contribution in [0, 0.1) is 0 Å². The minimum absolute atomic E-state index is 0.0357. The summed E-state index contributed by atoms with van der Waals surface area (Å²) in [5, 5.41) is 7.18. The lowest BCUT2D eigenvalue weighted by molar-refractivity contribution is 0.926. The molecule has 0 fully saturated rings. The molecule has 20 heavy (non-hydrogen) atoms. The monoisotopic (exact) mass is 262 g/mol. The fourth-order valence-corrected chi connectivity index (χ4v) is 2.11. The molecule has 0 atom stereocenters. The van der Waals surface area contributed by atoms with Gasteiger partial charge in [-0.25, -0.2) is 0 Å². The quantitative estimate of drug-likeness (QED) is 0.788. The third kappa shape index (κ3) is 2.67. The normalized spacial score (nSPS) is 10.4. The molecule has 3 aromatic rings. The summed E-state index contributed by atoms with van der Waals surface area (Å²) in [7, 11) is 0. The van der Waals surface area contributed by atoms with Crippen molar-refractivity contribution in [3.63, 3.8) is 0 Å². The van der Waals surface area contributed by atoms with Gasteiger partial charge in [0, 0.05) is 12.5 Å². The van der Waals surface area contributed by atoms with Crippen molar-refractivity contribution >= 4 is 0 Å². The Morgan fingerprint density at radius 2 is 1.55 bits per heavy atom. The van der Waals surface area contributed by atoms with Crippen LogP contribution in [0.2, 0.25) is 0 Å². The first kappa shape index (κ1) is 12.4. The molecule has 0 aliphatic rings. The number of hydrogen-bond acceptors (Lipinski definition) is 2. The van der Waals surface area contributed by atoms with E-state index in [0.717, 1.165) is 16.8 Å². The molecule has 0 bridgehead atoms. The first-order valence-electron chi connectivity index (χ1n) is 6.51. The van der Waals surface area contributed by atoms with Gasteiger partial charge in [0.25, 0.3) is 0 Å². The highest BCUT2D eigenvalue weighted by Gasteiger charge is 2.05. The van der Waals surface area contributed by atoms with Gasteiger partial charge in [0.05, 0.1) is 5.69 Å². The summed E-state index contributed by atoms with van der Waals surface area (Å²) in [5.74, 6) is 0. The Morgan fingerprint density at radius 1 is 0.900 bits per heavy atom. The summed E-state index contributed by atoms with van der Waals surface area (Å²) in [6.07, 6.45) is 0.547. The summed E-state index contributed by atoms with van der Waals surface area (Å²) >= 11 is 0. The summed E-state index contributed by atoms with van der Waals surface area (Å²) < 4.78 is 0. The molecule has 3 rings (SSSR count). The summed E-state index contributed by atoms with van der Waals surface area (Å²) in [5.41, 5.74) is 3.29. The van der Waals surface area contributed by atoms with Gasteiger partial charge in [0.1, 0.15) is 5.69 Å². The molecule has 0 unspecified atom stereocenters. The minimum atomic E-state index is -0.0357. The molecule has 0 saturated heterocycles. The third-order valence-electron chi connectivity index (χ3n) is 3.17. The lowest BCUT2D eigenvalue weighted by Gasteiger charge is -2.03. The van der Waals surface area contributed by atoms with E-state index in [9.17, 15) is 4.79 Å². The van der Waals surface area contributed by atoms with E-state index in [0.29, 0.717) is 12.1 Å². The first-order chi connectivity index (χ1) is 9.83. The van der Waals surface area contributed by atoms with E-state index in [1.165, 1.54) is 0 Å². The number of nitrogens with one attached hydrogen (secondary N) is 1. The topological polar surface area (TPSA) is 45.8 Å². The number of nitrogens with zero attached hydrogens (tertiary/aromatic N) is 1. The third-order valence-corrected chi connectivity index (χ3v) is 3.17. The summed E-state index contributed by atoms with van der Waals surface area (Å²) in [6.45, 7) is 0. The van der Waals surface area contributed by atoms with Crippen LogP contribution in [-0.4, -0.2) is 10.2 Å². The number of benzene rings is 2. The Kier molecular flexibility index (Phi) is 3.42. The Bertz CT molecular complexity index is 749. The molecule has 0 aliphatic heterocycles. The highest BCUT2D eigenvalue weighted by Crippen LogP contribution is 2.13. The van der Waals surface area contributed by atoms with Gasteiger partial charge < -0.3 is 0 Å². The van der Waals surface area contributed by atoms with Gasteiger partial charge in [0.15, 0.2) is 0 Å². The average Bonchev–Trinajstić information content (AvgIpc) is 2.51. The average molecular weight is 262 g/mol. The molecule has 0 aliphatic carbocycles. The van der Waals surface area contributed by atoms with E-state index in [-0.39, 0.29) is 5.43 Å². The first-order valence-corrected chi connectivity index (χ1v) is 6.51. The zero-order valence-electron chi connectivity index (χ0n) is 10.9. The second-order valence-electron chi connectivity index (χ2n) is 4.62. The number of hydrogen-bond donors (Lipinski definition) is 1. The van der Waals surface area contributed by atoms with Crippen LogP contribution in [-0.2, 0) is 6.42 Å². The fraction of sp³-hybridized carbons (Fsp3) is 0.0588. The Hall–Kier alpha value is -2.68. The molecule has 98 valence electrons. The minimum Gasteiger partial charge on any atom is -0.288 e. The maximum absolute atomic E-state index is 12.1. The molecule has 0 radical (unpaired) electrons. The van der Waals surface area contributed by atoms with Crippen molar-refractivity contribution in [2.45, 2.75) is 6.42 Å². The van der Waals surface area contributed by atoms with Gasteiger partial charge in [-0.05, 0) is 11.1 Å². The van der Waals surface area contributed by atoms with Crippen molar-refractivity contribution in [2.75, 3.05) is 0 Å². The molecule has 2 aromatic carbocycles. The maximum Gasteiger partial charge on any atom is 0.204 e. The van der Waals surface area contributed by atoms with E-state index < -0.39 is 0 Å².